The lowest BCUT2D eigenvalue weighted by Crippen LogP contribution is -2.46. The minimum atomic E-state index is -0.252. The molecule has 3 amide bonds. The molecule has 1 saturated heterocycles. The molecular weight excluding hydrogens is 426 g/mol. The predicted molar refractivity (Wildman–Crippen MR) is 133 cm³/mol. The van der Waals surface area contributed by atoms with Gasteiger partial charge in [0, 0.05) is 31.1 Å². The number of likely N-dealkylation sites (tertiary alicyclic amines) is 1. The summed E-state index contributed by atoms with van der Waals surface area (Å²) < 4.78 is 0. The Kier molecular flexibility index (Phi) is 7.71. The Balaban J connectivity index is 1.29. The van der Waals surface area contributed by atoms with Crippen LogP contribution in [-0.2, 0) is 11.2 Å². The van der Waals surface area contributed by atoms with Gasteiger partial charge in [0.05, 0.1) is 11.3 Å². The van der Waals surface area contributed by atoms with E-state index in [0.717, 1.165) is 12.0 Å². The SMILES string of the molecule is O=C(CCc1ccccc1)NC1CCN(C(=O)c2ccccc2NC(=O)c2ccccc2)CC1. The topological polar surface area (TPSA) is 78.5 Å². The molecule has 6 heteroatoms. The van der Waals surface area contributed by atoms with Gasteiger partial charge in [-0.25, -0.2) is 0 Å². The molecule has 6 nitrogen and oxygen atoms in total. The average molecular weight is 456 g/mol. The van der Waals surface area contributed by atoms with Crippen molar-refractivity contribution in [3.8, 4) is 0 Å². The molecule has 1 fully saturated rings. The summed E-state index contributed by atoms with van der Waals surface area (Å²) in [5.74, 6) is -0.321. The van der Waals surface area contributed by atoms with E-state index in [0.29, 0.717) is 49.2 Å². The highest BCUT2D eigenvalue weighted by molar-refractivity contribution is 6.09. The van der Waals surface area contributed by atoms with E-state index in [1.54, 1.807) is 53.4 Å². The maximum atomic E-state index is 13.2. The fourth-order valence-corrected chi connectivity index (χ4v) is 4.16. The van der Waals surface area contributed by atoms with Crippen molar-refractivity contribution in [2.75, 3.05) is 18.4 Å². The Morgan fingerprint density at radius 2 is 1.41 bits per heavy atom. The summed E-state index contributed by atoms with van der Waals surface area (Å²) in [5, 5.41) is 5.98. The molecule has 0 aromatic heterocycles. The molecule has 34 heavy (non-hydrogen) atoms. The highest BCUT2D eigenvalue weighted by atomic mass is 16.2. The number of hydrogen-bond acceptors (Lipinski definition) is 3. The van der Waals surface area contributed by atoms with E-state index in [4.69, 9.17) is 0 Å². The number of nitrogens with one attached hydrogen (secondary N) is 2. The van der Waals surface area contributed by atoms with E-state index in [1.165, 1.54) is 0 Å². The Morgan fingerprint density at radius 1 is 0.794 bits per heavy atom. The number of para-hydroxylation sites is 1. The van der Waals surface area contributed by atoms with Crippen molar-refractivity contribution in [3.63, 3.8) is 0 Å². The number of carbonyl (C=O) groups is 3. The number of carbonyl (C=O) groups excluding carboxylic acids is 3. The van der Waals surface area contributed by atoms with Crippen molar-refractivity contribution >= 4 is 23.4 Å². The van der Waals surface area contributed by atoms with Crippen molar-refractivity contribution in [2.24, 2.45) is 0 Å². The molecule has 3 aromatic rings. The van der Waals surface area contributed by atoms with Crippen molar-refractivity contribution in [3.05, 3.63) is 102 Å². The maximum Gasteiger partial charge on any atom is 0.255 e. The first-order chi connectivity index (χ1) is 16.6. The smallest absolute Gasteiger partial charge is 0.255 e. The third-order valence-corrected chi connectivity index (χ3v) is 6.07. The predicted octanol–water partition coefficient (Wildman–Crippen LogP) is 4.29. The van der Waals surface area contributed by atoms with Crippen LogP contribution in [0, 0.1) is 0 Å². The Morgan fingerprint density at radius 3 is 2.12 bits per heavy atom. The fraction of sp³-hybridized carbons (Fsp3) is 0.250. The first-order valence-corrected chi connectivity index (χ1v) is 11.7. The molecule has 0 unspecified atom stereocenters. The van der Waals surface area contributed by atoms with Gasteiger partial charge in [-0.15, -0.1) is 0 Å². The summed E-state index contributed by atoms with van der Waals surface area (Å²) in [7, 11) is 0. The molecule has 4 rings (SSSR count). The van der Waals surface area contributed by atoms with E-state index in [1.807, 2.05) is 36.4 Å². The second-order valence-electron chi connectivity index (χ2n) is 8.49. The first kappa shape index (κ1) is 23.2. The summed E-state index contributed by atoms with van der Waals surface area (Å²) in [5.41, 5.74) is 2.65. The molecule has 0 radical (unpaired) electrons. The first-order valence-electron chi connectivity index (χ1n) is 11.7. The summed E-state index contributed by atoms with van der Waals surface area (Å²) in [6, 6.07) is 26.0. The number of aryl methyl sites for hydroxylation is 1. The molecule has 1 aliphatic rings. The highest BCUT2D eigenvalue weighted by Crippen LogP contribution is 2.21. The number of hydrogen-bond donors (Lipinski definition) is 2. The van der Waals surface area contributed by atoms with Crippen LogP contribution in [0.4, 0.5) is 5.69 Å². The minimum absolute atomic E-state index is 0.0441. The van der Waals surface area contributed by atoms with E-state index < -0.39 is 0 Å². The van der Waals surface area contributed by atoms with Crippen LogP contribution < -0.4 is 10.6 Å². The van der Waals surface area contributed by atoms with Crippen molar-refractivity contribution in [1.82, 2.24) is 10.2 Å². The molecule has 0 saturated carbocycles. The molecule has 3 aromatic carbocycles. The van der Waals surface area contributed by atoms with Crippen LogP contribution in [0.15, 0.2) is 84.9 Å². The maximum absolute atomic E-state index is 13.2. The Bertz CT molecular complexity index is 1120. The zero-order chi connectivity index (χ0) is 23.8. The number of anilines is 1. The lowest BCUT2D eigenvalue weighted by molar-refractivity contribution is -0.122. The monoisotopic (exact) mass is 455 g/mol. The van der Waals surface area contributed by atoms with Gasteiger partial charge in [0.15, 0.2) is 0 Å². The van der Waals surface area contributed by atoms with Crippen LogP contribution >= 0.6 is 0 Å². The van der Waals surface area contributed by atoms with Crippen LogP contribution in [0.2, 0.25) is 0 Å². The molecule has 0 aliphatic carbocycles. The van der Waals surface area contributed by atoms with Crippen LogP contribution in [0.1, 0.15) is 45.5 Å². The van der Waals surface area contributed by atoms with E-state index >= 15 is 0 Å². The van der Waals surface area contributed by atoms with Crippen LogP contribution in [0.25, 0.3) is 0 Å². The number of nitrogens with zero attached hydrogens (tertiary/aromatic N) is 1. The highest BCUT2D eigenvalue weighted by Gasteiger charge is 2.26. The van der Waals surface area contributed by atoms with Gasteiger partial charge in [-0.05, 0) is 49.1 Å². The second-order valence-corrected chi connectivity index (χ2v) is 8.49. The van der Waals surface area contributed by atoms with Gasteiger partial charge in [0.1, 0.15) is 0 Å². The molecule has 174 valence electrons. The second kappa shape index (κ2) is 11.3. The van der Waals surface area contributed by atoms with Gasteiger partial charge in [-0.2, -0.15) is 0 Å². The molecule has 1 heterocycles. The zero-order valence-electron chi connectivity index (χ0n) is 19.1. The van der Waals surface area contributed by atoms with Gasteiger partial charge < -0.3 is 15.5 Å². The van der Waals surface area contributed by atoms with Gasteiger partial charge in [-0.1, -0.05) is 60.7 Å². The third-order valence-electron chi connectivity index (χ3n) is 6.07. The summed E-state index contributed by atoms with van der Waals surface area (Å²) in [6.45, 7) is 1.12. The van der Waals surface area contributed by atoms with Crippen molar-refractivity contribution in [2.45, 2.75) is 31.7 Å². The summed E-state index contributed by atoms with van der Waals surface area (Å²) in [4.78, 5) is 39.9. The minimum Gasteiger partial charge on any atom is -0.353 e. The number of amides is 3. The van der Waals surface area contributed by atoms with Crippen LogP contribution in [0.3, 0.4) is 0 Å². The Hall–Kier alpha value is -3.93. The van der Waals surface area contributed by atoms with Crippen molar-refractivity contribution in [1.29, 1.82) is 0 Å². The number of rotatable bonds is 7. The summed E-state index contributed by atoms with van der Waals surface area (Å²) in [6.07, 6.45) is 2.59. The molecule has 0 spiro atoms. The molecular formula is C28H29N3O3. The quantitative estimate of drug-likeness (QED) is 0.558. The molecule has 2 N–H and O–H groups in total. The number of piperidine rings is 1. The Labute approximate surface area is 200 Å². The summed E-state index contributed by atoms with van der Waals surface area (Å²) >= 11 is 0. The van der Waals surface area contributed by atoms with Crippen LogP contribution in [-0.4, -0.2) is 41.8 Å². The third kappa shape index (κ3) is 6.10. The van der Waals surface area contributed by atoms with Gasteiger partial charge >= 0.3 is 0 Å². The van der Waals surface area contributed by atoms with Gasteiger partial charge in [0.25, 0.3) is 11.8 Å². The lowest BCUT2D eigenvalue weighted by Gasteiger charge is -2.33. The van der Waals surface area contributed by atoms with Gasteiger partial charge in [0.2, 0.25) is 5.91 Å². The fourth-order valence-electron chi connectivity index (χ4n) is 4.16. The zero-order valence-corrected chi connectivity index (χ0v) is 19.1. The molecule has 0 atom stereocenters. The normalized spacial score (nSPS) is 13.8. The molecule has 1 aliphatic heterocycles. The van der Waals surface area contributed by atoms with Gasteiger partial charge in [-0.3, -0.25) is 14.4 Å². The van der Waals surface area contributed by atoms with E-state index in [2.05, 4.69) is 10.6 Å². The molecule has 0 bridgehead atoms. The largest absolute Gasteiger partial charge is 0.353 e. The lowest BCUT2D eigenvalue weighted by atomic mass is 10.0. The van der Waals surface area contributed by atoms with Crippen LogP contribution in [0.5, 0.6) is 0 Å². The average Bonchev–Trinajstić information content (AvgIpc) is 2.89. The standard InChI is InChI=1S/C28H29N3O3/c32-26(16-15-21-9-3-1-4-10-21)29-23-17-19-31(20-18-23)28(34)24-13-7-8-14-25(24)30-27(33)22-11-5-2-6-12-22/h1-14,23H,15-20H2,(H,29,32)(H,30,33). The van der Waals surface area contributed by atoms with E-state index in [9.17, 15) is 14.4 Å². The van der Waals surface area contributed by atoms with Crippen molar-refractivity contribution < 1.29 is 14.4 Å². The number of benzene rings is 3. The van der Waals surface area contributed by atoms with E-state index in [-0.39, 0.29) is 23.8 Å².